The third-order valence-electron chi connectivity index (χ3n) is 4.44. The summed E-state index contributed by atoms with van der Waals surface area (Å²) in [7, 11) is 0. The molecule has 2 rings (SSSR count). The van der Waals surface area contributed by atoms with E-state index in [9.17, 15) is 9.90 Å². The normalized spacial score (nSPS) is 35.6. The standard InChI is InChI=1S/C14H22O2/c1-11-7-9-14(10-8-11,13(15)16)12-5-3-2-4-6-12/h5,11H,2-4,6-10H2,1H3,(H,15,16). The molecule has 0 saturated heterocycles. The van der Waals surface area contributed by atoms with Crippen LogP contribution in [0.1, 0.15) is 58.3 Å². The molecule has 0 unspecified atom stereocenters. The summed E-state index contributed by atoms with van der Waals surface area (Å²) >= 11 is 0. The zero-order valence-corrected chi connectivity index (χ0v) is 10.2. The lowest BCUT2D eigenvalue weighted by Crippen LogP contribution is -2.37. The Morgan fingerprint density at radius 1 is 1.38 bits per heavy atom. The van der Waals surface area contributed by atoms with Crippen LogP contribution >= 0.6 is 0 Å². The van der Waals surface area contributed by atoms with Crippen LogP contribution in [0.4, 0.5) is 0 Å². The maximum absolute atomic E-state index is 11.6. The van der Waals surface area contributed by atoms with E-state index in [1.165, 1.54) is 18.4 Å². The van der Waals surface area contributed by atoms with Gasteiger partial charge in [0.1, 0.15) is 0 Å². The number of hydrogen-bond acceptors (Lipinski definition) is 1. The molecule has 0 bridgehead atoms. The van der Waals surface area contributed by atoms with Gasteiger partial charge in [0.15, 0.2) is 0 Å². The number of carboxylic acid groups (broad SMARTS) is 1. The molecule has 90 valence electrons. The number of allylic oxidation sites excluding steroid dienone is 1. The van der Waals surface area contributed by atoms with Gasteiger partial charge in [-0.15, -0.1) is 0 Å². The Morgan fingerprint density at radius 3 is 2.56 bits per heavy atom. The van der Waals surface area contributed by atoms with Crippen molar-refractivity contribution in [1.82, 2.24) is 0 Å². The smallest absolute Gasteiger partial charge is 0.313 e. The van der Waals surface area contributed by atoms with E-state index in [2.05, 4.69) is 13.0 Å². The lowest BCUT2D eigenvalue weighted by molar-refractivity contribution is -0.149. The van der Waals surface area contributed by atoms with Gasteiger partial charge >= 0.3 is 5.97 Å². The molecule has 16 heavy (non-hydrogen) atoms. The largest absolute Gasteiger partial charge is 0.481 e. The molecule has 0 aromatic heterocycles. The first-order valence-electron chi connectivity index (χ1n) is 6.58. The van der Waals surface area contributed by atoms with Crippen molar-refractivity contribution in [2.75, 3.05) is 0 Å². The Kier molecular flexibility index (Phi) is 3.36. The quantitative estimate of drug-likeness (QED) is 0.722. The number of carbonyl (C=O) groups is 1. The third kappa shape index (κ3) is 2.02. The molecule has 0 atom stereocenters. The van der Waals surface area contributed by atoms with Crippen molar-refractivity contribution in [3.05, 3.63) is 11.6 Å². The second-order valence-electron chi connectivity index (χ2n) is 5.54. The van der Waals surface area contributed by atoms with Crippen LogP contribution in [0.15, 0.2) is 11.6 Å². The van der Waals surface area contributed by atoms with E-state index in [0.29, 0.717) is 5.92 Å². The highest BCUT2D eigenvalue weighted by Gasteiger charge is 2.43. The molecule has 0 spiro atoms. The van der Waals surface area contributed by atoms with Gasteiger partial charge in [-0.3, -0.25) is 4.79 Å². The van der Waals surface area contributed by atoms with Crippen LogP contribution in [0.5, 0.6) is 0 Å². The van der Waals surface area contributed by atoms with Gasteiger partial charge in [0.05, 0.1) is 5.41 Å². The first-order chi connectivity index (χ1) is 7.65. The van der Waals surface area contributed by atoms with Crippen molar-refractivity contribution in [2.24, 2.45) is 11.3 Å². The van der Waals surface area contributed by atoms with Crippen LogP contribution in [0.3, 0.4) is 0 Å². The fourth-order valence-electron chi connectivity index (χ4n) is 3.20. The minimum Gasteiger partial charge on any atom is -0.481 e. The van der Waals surface area contributed by atoms with Crippen LogP contribution in [-0.4, -0.2) is 11.1 Å². The first-order valence-corrected chi connectivity index (χ1v) is 6.58. The zero-order chi connectivity index (χ0) is 11.6. The molecule has 0 radical (unpaired) electrons. The van der Waals surface area contributed by atoms with E-state index in [0.717, 1.165) is 38.5 Å². The molecule has 0 heterocycles. The molecule has 2 aliphatic carbocycles. The summed E-state index contributed by atoms with van der Waals surface area (Å²) in [5.41, 5.74) is 0.741. The minimum absolute atomic E-state index is 0.493. The van der Waals surface area contributed by atoms with E-state index >= 15 is 0 Å². The molecular weight excluding hydrogens is 200 g/mol. The lowest BCUT2D eigenvalue weighted by atomic mass is 9.64. The first kappa shape index (κ1) is 11.7. The van der Waals surface area contributed by atoms with Crippen molar-refractivity contribution in [3.8, 4) is 0 Å². The van der Waals surface area contributed by atoms with Crippen LogP contribution in [0.25, 0.3) is 0 Å². The van der Waals surface area contributed by atoms with Gasteiger partial charge in [0.25, 0.3) is 0 Å². The summed E-state index contributed by atoms with van der Waals surface area (Å²) in [5, 5.41) is 9.59. The molecule has 0 aromatic rings. The van der Waals surface area contributed by atoms with Gasteiger partial charge in [-0.2, -0.15) is 0 Å². The molecule has 1 N–H and O–H groups in total. The molecule has 1 fully saturated rings. The summed E-state index contributed by atoms with van der Waals surface area (Å²) < 4.78 is 0. The second kappa shape index (κ2) is 4.60. The van der Waals surface area contributed by atoms with E-state index in [-0.39, 0.29) is 0 Å². The van der Waals surface area contributed by atoms with E-state index < -0.39 is 11.4 Å². The number of hydrogen-bond donors (Lipinski definition) is 1. The molecule has 0 aromatic carbocycles. The van der Waals surface area contributed by atoms with Crippen molar-refractivity contribution >= 4 is 5.97 Å². The van der Waals surface area contributed by atoms with Crippen molar-refractivity contribution in [2.45, 2.75) is 58.3 Å². The SMILES string of the molecule is CC1CCC(C(=O)O)(C2=CCCCC2)CC1. The van der Waals surface area contributed by atoms with Crippen LogP contribution in [0.2, 0.25) is 0 Å². The van der Waals surface area contributed by atoms with Crippen LogP contribution in [-0.2, 0) is 4.79 Å². The molecule has 0 aliphatic heterocycles. The number of aliphatic carboxylic acids is 1. The van der Waals surface area contributed by atoms with E-state index in [1.54, 1.807) is 0 Å². The van der Waals surface area contributed by atoms with E-state index in [1.807, 2.05) is 0 Å². The Bertz CT molecular complexity index is 296. The van der Waals surface area contributed by atoms with Gasteiger partial charge in [0, 0.05) is 0 Å². The molecule has 0 amide bonds. The highest BCUT2D eigenvalue weighted by Crippen LogP contribution is 2.47. The Morgan fingerprint density at radius 2 is 2.06 bits per heavy atom. The number of rotatable bonds is 2. The van der Waals surface area contributed by atoms with Crippen molar-refractivity contribution in [1.29, 1.82) is 0 Å². The van der Waals surface area contributed by atoms with Gasteiger partial charge in [-0.1, -0.05) is 18.6 Å². The maximum Gasteiger partial charge on any atom is 0.313 e. The summed E-state index contributed by atoms with van der Waals surface area (Å²) in [6.45, 7) is 2.24. The average molecular weight is 222 g/mol. The summed E-state index contributed by atoms with van der Waals surface area (Å²) in [6.07, 6.45) is 10.6. The van der Waals surface area contributed by atoms with Crippen molar-refractivity contribution < 1.29 is 9.90 Å². The maximum atomic E-state index is 11.6. The Hall–Kier alpha value is -0.790. The third-order valence-corrected chi connectivity index (χ3v) is 4.44. The Balaban J connectivity index is 2.21. The number of carboxylic acids is 1. The van der Waals surface area contributed by atoms with Crippen LogP contribution in [0, 0.1) is 11.3 Å². The van der Waals surface area contributed by atoms with E-state index in [4.69, 9.17) is 0 Å². The fourth-order valence-corrected chi connectivity index (χ4v) is 3.20. The predicted octanol–water partition coefficient (Wildman–Crippen LogP) is 3.77. The van der Waals surface area contributed by atoms with Gasteiger partial charge in [-0.25, -0.2) is 0 Å². The zero-order valence-electron chi connectivity index (χ0n) is 10.2. The predicted molar refractivity (Wildman–Crippen MR) is 64.3 cm³/mol. The highest BCUT2D eigenvalue weighted by molar-refractivity contribution is 5.78. The summed E-state index contributed by atoms with van der Waals surface area (Å²) in [5.74, 6) is 0.129. The lowest BCUT2D eigenvalue weighted by Gasteiger charge is -2.39. The van der Waals surface area contributed by atoms with Crippen molar-refractivity contribution in [3.63, 3.8) is 0 Å². The minimum atomic E-state index is -0.576. The van der Waals surface area contributed by atoms with Gasteiger partial charge < -0.3 is 5.11 Å². The second-order valence-corrected chi connectivity index (χ2v) is 5.54. The molecular formula is C14H22O2. The monoisotopic (exact) mass is 222 g/mol. The topological polar surface area (TPSA) is 37.3 Å². The molecule has 1 saturated carbocycles. The summed E-state index contributed by atoms with van der Waals surface area (Å²) in [6, 6.07) is 0. The summed E-state index contributed by atoms with van der Waals surface area (Å²) in [4.78, 5) is 11.6. The highest BCUT2D eigenvalue weighted by atomic mass is 16.4. The Labute approximate surface area is 97.7 Å². The fraction of sp³-hybridized carbons (Fsp3) is 0.786. The molecule has 2 aliphatic rings. The van der Waals surface area contributed by atoms with Gasteiger partial charge in [0.2, 0.25) is 0 Å². The average Bonchev–Trinajstić information content (AvgIpc) is 2.31. The molecule has 2 heteroatoms. The van der Waals surface area contributed by atoms with Gasteiger partial charge in [-0.05, 0) is 57.3 Å². The molecule has 2 nitrogen and oxygen atoms in total. The van der Waals surface area contributed by atoms with Crippen LogP contribution < -0.4 is 0 Å².